The van der Waals surface area contributed by atoms with Gasteiger partial charge >= 0.3 is 0 Å². The number of nitrogens with zero attached hydrogens (tertiary/aromatic N) is 1. The van der Waals surface area contributed by atoms with E-state index in [2.05, 4.69) is 36.1 Å². The molecule has 1 amide bonds. The summed E-state index contributed by atoms with van der Waals surface area (Å²) in [6.45, 7) is 5.68. The summed E-state index contributed by atoms with van der Waals surface area (Å²) >= 11 is 0. The van der Waals surface area contributed by atoms with Gasteiger partial charge in [0.1, 0.15) is 5.75 Å². The molecule has 1 aliphatic rings. The monoisotopic (exact) mass is 340 g/mol. The lowest BCUT2D eigenvalue weighted by molar-refractivity contribution is -0.119. The van der Waals surface area contributed by atoms with Gasteiger partial charge in [-0.2, -0.15) is 0 Å². The third-order valence-electron chi connectivity index (χ3n) is 4.53. The maximum atomic E-state index is 10.8. The molecule has 1 saturated heterocycles. The number of benzene rings is 2. The van der Waals surface area contributed by atoms with E-state index in [1.807, 2.05) is 24.3 Å². The van der Waals surface area contributed by atoms with Crippen molar-refractivity contribution in [2.75, 3.05) is 32.9 Å². The first-order valence-corrected chi connectivity index (χ1v) is 8.57. The van der Waals surface area contributed by atoms with Crippen LogP contribution in [0.2, 0.25) is 0 Å². The molecule has 1 unspecified atom stereocenters. The quantitative estimate of drug-likeness (QED) is 0.878. The van der Waals surface area contributed by atoms with E-state index in [9.17, 15) is 4.79 Å². The summed E-state index contributed by atoms with van der Waals surface area (Å²) in [5, 5.41) is 0. The molecule has 0 saturated carbocycles. The van der Waals surface area contributed by atoms with Crippen molar-refractivity contribution in [2.24, 2.45) is 5.73 Å². The summed E-state index contributed by atoms with van der Waals surface area (Å²) in [6.07, 6.45) is 0. The van der Waals surface area contributed by atoms with Crippen LogP contribution in [0.25, 0.3) is 11.1 Å². The molecule has 1 atom stereocenters. The number of hydrogen-bond acceptors (Lipinski definition) is 4. The van der Waals surface area contributed by atoms with Crippen LogP contribution >= 0.6 is 0 Å². The molecule has 1 heterocycles. The van der Waals surface area contributed by atoms with E-state index in [0.29, 0.717) is 11.8 Å². The Labute approximate surface area is 148 Å². The minimum Gasteiger partial charge on any atom is -0.484 e. The fourth-order valence-corrected chi connectivity index (χ4v) is 3.05. The Bertz CT molecular complexity index is 709. The Kier molecular flexibility index (Phi) is 5.68. The van der Waals surface area contributed by atoms with Crippen molar-refractivity contribution in [1.82, 2.24) is 4.90 Å². The Morgan fingerprint density at radius 3 is 2.56 bits per heavy atom. The van der Waals surface area contributed by atoms with Gasteiger partial charge in [0.2, 0.25) is 0 Å². The molecule has 0 spiro atoms. The first kappa shape index (κ1) is 17.5. The van der Waals surface area contributed by atoms with Gasteiger partial charge in [-0.25, -0.2) is 0 Å². The van der Waals surface area contributed by atoms with E-state index in [0.717, 1.165) is 37.4 Å². The predicted molar refractivity (Wildman–Crippen MR) is 97.4 cm³/mol. The molecule has 2 N–H and O–H groups in total. The van der Waals surface area contributed by atoms with Crippen molar-refractivity contribution in [1.29, 1.82) is 0 Å². The molecule has 0 aromatic heterocycles. The van der Waals surface area contributed by atoms with Crippen LogP contribution < -0.4 is 10.5 Å². The van der Waals surface area contributed by atoms with Crippen LogP contribution in [0.15, 0.2) is 48.5 Å². The average Bonchev–Trinajstić information content (AvgIpc) is 2.67. The topological polar surface area (TPSA) is 64.8 Å². The second kappa shape index (κ2) is 8.14. The molecule has 1 fully saturated rings. The lowest BCUT2D eigenvalue weighted by Gasteiger charge is -2.32. The fourth-order valence-electron chi connectivity index (χ4n) is 3.05. The van der Waals surface area contributed by atoms with Gasteiger partial charge in [0.15, 0.2) is 6.61 Å². The van der Waals surface area contributed by atoms with Crippen LogP contribution in [0.1, 0.15) is 18.5 Å². The summed E-state index contributed by atoms with van der Waals surface area (Å²) in [5.74, 6) is 0.161. The van der Waals surface area contributed by atoms with Gasteiger partial charge in [0.25, 0.3) is 5.91 Å². The molecule has 25 heavy (non-hydrogen) atoms. The van der Waals surface area contributed by atoms with Crippen molar-refractivity contribution in [2.45, 2.75) is 13.0 Å². The van der Waals surface area contributed by atoms with Gasteiger partial charge < -0.3 is 15.2 Å². The highest BCUT2D eigenvalue weighted by atomic mass is 16.5. The number of rotatable bonds is 6. The highest BCUT2D eigenvalue weighted by Gasteiger charge is 2.18. The molecule has 1 aliphatic heterocycles. The number of carbonyl (C=O) groups excluding carboxylic acids is 1. The maximum absolute atomic E-state index is 10.8. The second-order valence-corrected chi connectivity index (χ2v) is 6.23. The van der Waals surface area contributed by atoms with Crippen molar-refractivity contribution in [3.05, 3.63) is 54.1 Å². The van der Waals surface area contributed by atoms with Gasteiger partial charge in [-0.3, -0.25) is 9.69 Å². The lowest BCUT2D eigenvalue weighted by atomic mass is 10.0. The van der Waals surface area contributed by atoms with Crippen LogP contribution in [-0.4, -0.2) is 43.7 Å². The molecule has 5 heteroatoms. The van der Waals surface area contributed by atoms with Crippen molar-refractivity contribution < 1.29 is 14.3 Å². The van der Waals surface area contributed by atoms with E-state index in [-0.39, 0.29) is 6.61 Å². The van der Waals surface area contributed by atoms with Crippen molar-refractivity contribution >= 4 is 5.91 Å². The van der Waals surface area contributed by atoms with Gasteiger partial charge in [-0.15, -0.1) is 0 Å². The van der Waals surface area contributed by atoms with Crippen molar-refractivity contribution in [3.63, 3.8) is 0 Å². The summed E-state index contributed by atoms with van der Waals surface area (Å²) in [5.41, 5.74) is 8.58. The predicted octanol–water partition coefficient (Wildman–Crippen LogP) is 2.61. The highest BCUT2D eigenvalue weighted by molar-refractivity contribution is 5.75. The number of primary amides is 1. The Hall–Kier alpha value is -2.37. The number of amides is 1. The van der Waals surface area contributed by atoms with E-state index in [1.54, 1.807) is 0 Å². The van der Waals surface area contributed by atoms with Crippen LogP contribution in [0.4, 0.5) is 0 Å². The molecule has 5 nitrogen and oxygen atoms in total. The number of ether oxygens (including phenoxy) is 2. The smallest absolute Gasteiger partial charge is 0.255 e. The van der Waals surface area contributed by atoms with Crippen LogP contribution in [0, 0.1) is 0 Å². The number of hydrogen-bond donors (Lipinski definition) is 1. The molecular weight excluding hydrogens is 316 g/mol. The van der Waals surface area contributed by atoms with Gasteiger partial charge in [0.05, 0.1) is 13.2 Å². The minimum atomic E-state index is -0.480. The molecular formula is C20H24N2O3. The van der Waals surface area contributed by atoms with E-state index >= 15 is 0 Å². The van der Waals surface area contributed by atoms with E-state index < -0.39 is 5.91 Å². The molecule has 0 radical (unpaired) electrons. The zero-order valence-electron chi connectivity index (χ0n) is 14.5. The number of carbonyl (C=O) groups is 1. The van der Waals surface area contributed by atoms with Gasteiger partial charge in [-0.05, 0) is 35.7 Å². The number of morpholine rings is 1. The summed E-state index contributed by atoms with van der Waals surface area (Å²) in [4.78, 5) is 13.3. The second-order valence-electron chi connectivity index (χ2n) is 6.23. The van der Waals surface area contributed by atoms with Crippen LogP contribution in [0.3, 0.4) is 0 Å². The molecule has 2 aromatic carbocycles. The third-order valence-corrected chi connectivity index (χ3v) is 4.53. The molecule has 2 aromatic rings. The summed E-state index contributed by atoms with van der Waals surface area (Å²) in [6, 6.07) is 16.7. The normalized spacial score (nSPS) is 16.4. The Morgan fingerprint density at radius 1 is 1.16 bits per heavy atom. The lowest BCUT2D eigenvalue weighted by Crippen LogP contribution is -2.37. The van der Waals surface area contributed by atoms with Crippen LogP contribution in [-0.2, 0) is 9.53 Å². The van der Waals surface area contributed by atoms with E-state index in [1.165, 1.54) is 5.56 Å². The SMILES string of the molecule is CC(c1ccc(-c2cccc(OCC(N)=O)c2)cc1)N1CCOCC1. The number of nitrogens with two attached hydrogens (primary N) is 1. The standard InChI is InChI=1S/C20H24N2O3/c1-15(22-9-11-24-12-10-22)16-5-7-17(8-6-16)18-3-2-4-19(13-18)25-14-20(21)23/h2-8,13,15H,9-12,14H2,1H3,(H2,21,23). The Morgan fingerprint density at radius 2 is 1.88 bits per heavy atom. The first-order chi connectivity index (χ1) is 12.1. The zero-order chi connectivity index (χ0) is 17.6. The summed E-state index contributed by atoms with van der Waals surface area (Å²) < 4.78 is 10.8. The average molecular weight is 340 g/mol. The largest absolute Gasteiger partial charge is 0.484 e. The van der Waals surface area contributed by atoms with E-state index in [4.69, 9.17) is 15.2 Å². The van der Waals surface area contributed by atoms with Gasteiger partial charge in [0, 0.05) is 19.1 Å². The Balaban J connectivity index is 1.71. The van der Waals surface area contributed by atoms with Crippen molar-refractivity contribution in [3.8, 4) is 16.9 Å². The zero-order valence-corrected chi connectivity index (χ0v) is 14.5. The first-order valence-electron chi connectivity index (χ1n) is 8.57. The molecule has 3 rings (SSSR count). The van der Waals surface area contributed by atoms with Crippen LogP contribution in [0.5, 0.6) is 5.75 Å². The highest BCUT2D eigenvalue weighted by Crippen LogP contribution is 2.27. The fraction of sp³-hybridized carbons (Fsp3) is 0.350. The van der Waals surface area contributed by atoms with Gasteiger partial charge in [-0.1, -0.05) is 36.4 Å². The third kappa shape index (κ3) is 4.59. The maximum Gasteiger partial charge on any atom is 0.255 e. The molecule has 0 bridgehead atoms. The minimum absolute atomic E-state index is 0.112. The summed E-state index contributed by atoms with van der Waals surface area (Å²) in [7, 11) is 0. The molecule has 132 valence electrons. The molecule has 0 aliphatic carbocycles.